The van der Waals surface area contributed by atoms with Crippen LogP contribution in [0.1, 0.15) is 42.0 Å². The van der Waals surface area contributed by atoms with E-state index in [2.05, 4.69) is 10.6 Å². The minimum atomic E-state index is -0.614. The summed E-state index contributed by atoms with van der Waals surface area (Å²) in [5.74, 6) is 0.308. The third-order valence-corrected chi connectivity index (χ3v) is 4.38. The fraction of sp³-hybridized carbons (Fsp3) is 0.333. The zero-order chi connectivity index (χ0) is 17.5. The van der Waals surface area contributed by atoms with Crippen LogP contribution in [0.2, 0.25) is 0 Å². The van der Waals surface area contributed by atoms with Crippen molar-refractivity contribution in [2.75, 3.05) is 6.61 Å². The predicted molar refractivity (Wildman–Crippen MR) is 95.4 cm³/mol. The molecule has 2 aromatic rings. The van der Waals surface area contributed by atoms with Crippen molar-refractivity contribution >= 4 is 23.2 Å². The smallest absolute Gasteiger partial charge is 0.261 e. The Morgan fingerprint density at radius 1 is 1.17 bits per heavy atom. The van der Waals surface area contributed by atoms with Gasteiger partial charge in [-0.3, -0.25) is 9.59 Å². The van der Waals surface area contributed by atoms with E-state index in [9.17, 15) is 9.59 Å². The van der Waals surface area contributed by atoms with Crippen LogP contribution in [-0.2, 0) is 4.79 Å². The molecule has 0 radical (unpaired) electrons. The summed E-state index contributed by atoms with van der Waals surface area (Å²) in [6.07, 6.45) is 0. The molecular weight excluding hydrogens is 324 g/mol. The predicted octanol–water partition coefficient (Wildman–Crippen LogP) is 3.14. The summed E-state index contributed by atoms with van der Waals surface area (Å²) in [5.41, 5.74) is 0.950. The van der Waals surface area contributed by atoms with Gasteiger partial charge in [-0.15, -0.1) is 11.3 Å². The van der Waals surface area contributed by atoms with Crippen LogP contribution in [0.15, 0.2) is 41.8 Å². The van der Waals surface area contributed by atoms with E-state index in [0.29, 0.717) is 11.5 Å². The Hall–Kier alpha value is -2.34. The van der Waals surface area contributed by atoms with E-state index in [1.807, 2.05) is 43.5 Å². The van der Waals surface area contributed by atoms with Gasteiger partial charge in [0.25, 0.3) is 5.91 Å². The van der Waals surface area contributed by atoms with Gasteiger partial charge in [0.15, 0.2) is 0 Å². The van der Waals surface area contributed by atoms with Crippen molar-refractivity contribution in [3.63, 3.8) is 0 Å². The molecule has 0 fully saturated rings. The van der Waals surface area contributed by atoms with Gasteiger partial charge in [-0.2, -0.15) is 0 Å². The van der Waals surface area contributed by atoms with E-state index in [-0.39, 0.29) is 17.9 Å². The average molecular weight is 346 g/mol. The monoisotopic (exact) mass is 346 g/mol. The highest BCUT2D eigenvalue weighted by Gasteiger charge is 2.19. The molecule has 0 aliphatic carbocycles. The molecule has 0 aliphatic heterocycles. The van der Waals surface area contributed by atoms with E-state index < -0.39 is 6.04 Å². The summed E-state index contributed by atoms with van der Waals surface area (Å²) < 4.78 is 5.47. The first-order valence-electron chi connectivity index (χ1n) is 7.88. The van der Waals surface area contributed by atoms with E-state index in [1.165, 1.54) is 11.3 Å². The zero-order valence-electron chi connectivity index (χ0n) is 14.0. The molecule has 24 heavy (non-hydrogen) atoms. The number of ether oxygens (including phenoxy) is 1. The van der Waals surface area contributed by atoms with Gasteiger partial charge in [-0.05, 0) is 49.9 Å². The molecule has 1 aromatic carbocycles. The van der Waals surface area contributed by atoms with Crippen molar-refractivity contribution in [1.29, 1.82) is 0 Å². The van der Waals surface area contributed by atoms with Crippen LogP contribution in [0.25, 0.3) is 0 Å². The molecule has 1 aromatic heterocycles. The molecule has 0 spiro atoms. The molecule has 1 heterocycles. The Bertz CT molecular complexity index is 685. The van der Waals surface area contributed by atoms with Crippen molar-refractivity contribution < 1.29 is 14.3 Å². The Labute approximate surface area is 146 Å². The molecule has 0 unspecified atom stereocenters. The molecule has 0 saturated carbocycles. The third-order valence-electron chi connectivity index (χ3n) is 3.51. The maximum atomic E-state index is 12.3. The molecule has 0 bridgehead atoms. The Balaban J connectivity index is 1.93. The summed E-state index contributed by atoms with van der Waals surface area (Å²) >= 11 is 1.34. The van der Waals surface area contributed by atoms with E-state index >= 15 is 0 Å². The van der Waals surface area contributed by atoms with Gasteiger partial charge in [0.2, 0.25) is 5.91 Å². The summed E-state index contributed by atoms with van der Waals surface area (Å²) in [6.45, 7) is 6.09. The van der Waals surface area contributed by atoms with E-state index in [1.54, 1.807) is 19.1 Å². The number of benzene rings is 1. The second kappa shape index (κ2) is 8.49. The summed E-state index contributed by atoms with van der Waals surface area (Å²) in [5, 5.41) is 7.44. The number of hydrogen-bond acceptors (Lipinski definition) is 4. The summed E-state index contributed by atoms with van der Waals surface area (Å²) in [4.78, 5) is 24.9. The highest BCUT2D eigenvalue weighted by Crippen LogP contribution is 2.19. The average Bonchev–Trinajstić information content (AvgIpc) is 3.10. The largest absolute Gasteiger partial charge is 0.494 e. The Morgan fingerprint density at radius 2 is 1.96 bits per heavy atom. The first-order valence-corrected chi connectivity index (χ1v) is 8.76. The van der Waals surface area contributed by atoms with Crippen LogP contribution in [0.3, 0.4) is 0 Å². The number of hydrogen-bond donors (Lipinski definition) is 2. The number of amides is 2. The maximum Gasteiger partial charge on any atom is 0.261 e. The molecule has 2 N–H and O–H groups in total. The van der Waals surface area contributed by atoms with Crippen molar-refractivity contribution in [2.45, 2.75) is 32.9 Å². The fourth-order valence-corrected chi connectivity index (χ4v) is 2.83. The quantitative estimate of drug-likeness (QED) is 0.809. The van der Waals surface area contributed by atoms with E-state index in [4.69, 9.17) is 4.74 Å². The van der Waals surface area contributed by atoms with Gasteiger partial charge in [-0.1, -0.05) is 18.2 Å². The Kier molecular flexibility index (Phi) is 6.37. The number of carbonyl (C=O) groups is 2. The summed E-state index contributed by atoms with van der Waals surface area (Å²) in [6, 6.07) is 10.3. The minimum absolute atomic E-state index is 0.181. The normalized spacial score (nSPS) is 13.0. The summed E-state index contributed by atoms with van der Waals surface area (Å²) in [7, 11) is 0. The van der Waals surface area contributed by atoms with Crippen molar-refractivity contribution in [3.8, 4) is 5.75 Å². The fourth-order valence-electron chi connectivity index (χ4n) is 2.20. The standard InChI is InChI=1S/C18H22N2O3S/c1-4-23-15-8-5-7-14(11-15)12(2)19-17(21)13(3)20-18(22)16-9-6-10-24-16/h5-13H,4H2,1-3H3,(H,19,21)(H,20,22)/t12-,13+/m0/s1. The van der Waals surface area contributed by atoms with Crippen molar-refractivity contribution in [1.82, 2.24) is 10.6 Å². The number of carbonyl (C=O) groups excluding carboxylic acids is 2. The lowest BCUT2D eigenvalue weighted by Gasteiger charge is -2.19. The van der Waals surface area contributed by atoms with Crippen LogP contribution in [-0.4, -0.2) is 24.5 Å². The van der Waals surface area contributed by atoms with Gasteiger partial charge in [0.1, 0.15) is 11.8 Å². The topological polar surface area (TPSA) is 67.4 Å². The lowest BCUT2D eigenvalue weighted by atomic mass is 10.1. The first-order chi connectivity index (χ1) is 11.5. The third kappa shape index (κ3) is 4.83. The number of nitrogens with one attached hydrogen (secondary N) is 2. The van der Waals surface area contributed by atoms with Crippen molar-refractivity contribution in [3.05, 3.63) is 52.2 Å². The maximum absolute atomic E-state index is 12.3. The van der Waals surface area contributed by atoms with Crippen LogP contribution >= 0.6 is 11.3 Å². The highest BCUT2D eigenvalue weighted by atomic mass is 32.1. The molecule has 0 aliphatic rings. The van der Waals surface area contributed by atoms with Crippen LogP contribution in [0.5, 0.6) is 5.75 Å². The molecule has 5 nitrogen and oxygen atoms in total. The van der Waals surface area contributed by atoms with Crippen molar-refractivity contribution in [2.24, 2.45) is 0 Å². The molecule has 2 rings (SSSR count). The van der Waals surface area contributed by atoms with Crippen LogP contribution < -0.4 is 15.4 Å². The lowest BCUT2D eigenvalue weighted by molar-refractivity contribution is -0.123. The second-order valence-corrected chi connectivity index (χ2v) is 6.36. The van der Waals surface area contributed by atoms with Crippen LogP contribution in [0, 0.1) is 0 Å². The van der Waals surface area contributed by atoms with Gasteiger partial charge in [0.05, 0.1) is 17.5 Å². The van der Waals surface area contributed by atoms with Gasteiger partial charge >= 0.3 is 0 Å². The highest BCUT2D eigenvalue weighted by molar-refractivity contribution is 7.12. The molecular formula is C18H22N2O3S. The zero-order valence-corrected chi connectivity index (χ0v) is 14.9. The molecule has 128 valence electrons. The van der Waals surface area contributed by atoms with Crippen LogP contribution in [0.4, 0.5) is 0 Å². The van der Waals surface area contributed by atoms with Gasteiger partial charge < -0.3 is 15.4 Å². The van der Waals surface area contributed by atoms with E-state index in [0.717, 1.165) is 11.3 Å². The molecule has 0 saturated heterocycles. The van der Waals surface area contributed by atoms with Gasteiger partial charge in [0, 0.05) is 0 Å². The number of thiophene rings is 1. The number of rotatable bonds is 7. The minimum Gasteiger partial charge on any atom is -0.494 e. The van der Waals surface area contributed by atoms with Gasteiger partial charge in [-0.25, -0.2) is 0 Å². The molecule has 6 heteroatoms. The Morgan fingerprint density at radius 3 is 2.62 bits per heavy atom. The molecule has 2 atom stereocenters. The SMILES string of the molecule is CCOc1cccc([C@H](C)NC(=O)[C@@H](C)NC(=O)c2cccs2)c1. The first kappa shape index (κ1) is 18.0. The second-order valence-electron chi connectivity index (χ2n) is 5.41. The molecule has 2 amide bonds. The lowest BCUT2D eigenvalue weighted by Crippen LogP contribution is -2.45.